The van der Waals surface area contributed by atoms with Crippen molar-refractivity contribution in [1.29, 1.82) is 0 Å². The Morgan fingerprint density at radius 3 is 3.11 bits per heavy atom. The lowest BCUT2D eigenvalue weighted by Gasteiger charge is -2.28. The van der Waals surface area contributed by atoms with Gasteiger partial charge in [-0.15, -0.1) is 0 Å². The second-order valence-electron chi connectivity index (χ2n) is 5.28. The van der Waals surface area contributed by atoms with Gasteiger partial charge >= 0.3 is 0 Å². The molecule has 18 heavy (non-hydrogen) atoms. The molecule has 2 unspecified atom stereocenters. The number of rotatable bonds is 3. The van der Waals surface area contributed by atoms with Gasteiger partial charge in [-0.3, -0.25) is 4.90 Å². The standard InChI is InChI=1S/C13H21N5/c14-12-5-7-16-13(17-12)9-18-8-2-4-11(18)10-3-1-6-15-10/h5,7,10-11,15H,1-4,6,8-9H2,(H2,14,16,17). The molecule has 1 aromatic heterocycles. The number of nitrogens with two attached hydrogens (primary N) is 1. The summed E-state index contributed by atoms with van der Waals surface area (Å²) in [5.74, 6) is 1.41. The predicted molar refractivity (Wildman–Crippen MR) is 70.9 cm³/mol. The van der Waals surface area contributed by atoms with Crippen LogP contribution in [0.2, 0.25) is 0 Å². The summed E-state index contributed by atoms with van der Waals surface area (Å²) in [6.07, 6.45) is 6.93. The van der Waals surface area contributed by atoms with Crippen LogP contribution >= 0.6 is 0 Å². The van der Waals surface area contributed by atoms with Crippen molar-refractivity contribution in [2.24, 2.45) is 0 Å². The molecule has 0 aliphatic carbocycles. The maximum Gasteiger partial charge on any atom is 0.144 e. The first-order valence-electron chi connectivity index (χ1n) is 6.88. The first-order chi connectivity index (χ1) is 8.83. The van der Waals surface area contributed by atoms with Gasteiger partial charge in [0.2, 0.25) is 0 Å². The lowest BCUT2D eigenvalue weighted by atomic mass is 10.0. The minimum atomic E-state index is 0.565. The number of nitrogens with one attached hydrogen (secondary N) is 1. The molecule has 0 radical (unpaired) electrons. The summed E-state index contributed by atoms with van der Waals surface area (Å²) in [7, 11) is 0. The molecule has 2 saturated heterocycles. The van der Waals surface area contributed by atoms with Gasteiger partial charge in [-0.2, -0.15) is 0 Å². The van der Waals surface area contributed by atoms with Crippen LogP contribution in [-0.4, -0.2) is 40.0 Å². The molecule has 98 valence electrons. The van der Waals surface area contributed by atoms with E-state index in [1.54, 1.807) is 12.3 Å². The molecular formula is C13H21N5. The van der Waals surface area contributed by atoms with Gasteiger partial charge in [0.15, 0.2) is 0 Å². The molecule has 2 aliphatic heterocycles. The molecule has 5 nitrogen and oxygen atoms in total. The van der Waals surface area contributed by atoms with Crippen LogP contribution in [-0.2, 0) is 6.54 Å². The van der Waals surface area contributed by atoms with Gasteiger partial charge in [0.05, 0.1) is 6.54 Å². The van der Waals surface area contributed by atoms with E-state index in [9.17, 15) is 0 Å². The third-order valence-electron chi connectivity index (χ3n) is 4.05. The number of nitrogen functional groups attached to an aromatic ring is 1. The summed E-state index contributed by atoms with van der Waals surface area (Å²) in [5, 5.41) is 3.62. The van der Waals surface area contributed by atoms with E-state index in [1.165, 1.54) is 32.2 Å². The van der Waals surface area contributed by atoms with E-state index < -0.39 is 0 Å². The lowest BCUT2D eigenvalue weighted by Crippen LogP contribution is -2.43. The zero-order chi connectivity index (χ0) is 12.4. The highest BCUT2D eigenvalue weighted by Crippen LogP contribution is 2.25. The lowest BCUT2D eigenvalue weighted by molar-refractivity contribution is 0.202. The van der Waals surface area contributed by atoms with E-state index in [0.717, 1.165) is 18.9 Å². The summed E-state index contributed by atoms with van der Waals surface area (Å²) in [6.45, 7) is 3.15. The van der Waals surface area contributed by atoms with Gasteiger partial charge in [0, 0.05) is 18.3 Å². The minimum Gasteiger partial charge on any atom is -0.384 e. The maximum absolute atomic E-state index is 5.71. The fraction of sp³-hybridized carbons (Fsp3) is 0.692. The van der Waals surface area contributed by atoms with Crippen LogP contribution in [0.1, 0.15) is 31.5 Å². The van der Waals surface area contributed by atoms with Crippen LogP contribution in [0.3, 0.4) is 0 Å². The van der Waals surface area contributed by atoms with Crippen molar-refractivity contribution >= 4 is 5.82 Å². The Hall–Kier alpha value is -1.20. The van der Waals surface area contributed by atoms with Crippen molar-refractivity contribution in [2.45, 2.75) is 44.3 Å². The highest BCUT2D eigenvalue weighted by molar-refractivity contribution is 5.25. The molecule has 2 fully saturated rings. The third kappa shape index (κ3) is 2.47. The van der Waals surface area contributed by atoms with E-state index >= 15 is 0 Å². The van der Waals surface area contributed by atoms with E-state index in [-0.39, 0.29) is 0 Å². The van der Waals surface area contributed by atoms with Crippen molar-refractivity contribution in [3.63, 3.8) is 0 Å². The smallest absolute Gasteiger partial charge is 0.144 e. The van der Waals surface area contributed by atoms with Gasteiger partial charge < -0.3 is 11.1 Å². The van der Waals surface area contributed by atoms with Gasteiger partial charge in [-0.25, -0.2) is 9.97 Å². The molecule has 0 saturated carbocycles. The topological polar surface area (TPSA) is 67.1 Å². The van der Waals surface area contributed by atoms with E-state index in [1.807, 2.05) is 0 Å². The quantitative estimate of drug-likeness (QED) is 0.826. The van der Waals surface area contributed by atoms with Crippen molar-refractivity contribution in [3.8, 4) is 0 Å². The number of aromatic nitrogens is 2. The number of hydrogen-bond acceptors (Lipinski definition) is 5. The Bertz CT molecular complexity index is 402. The molecule has 1 aromatic rings. The minimum absolute atomic E-state index is 0.565. The first-order valence-corrected chi connectivity index (χ1v) is 6.88. The highest BCUT2D eigenvalue weighted by atomic mass is 15.2. The van der Waals surface area contributed by atoms with Gasteiger partial charge in [0.1, 0.15) is 11.6 Å². The molecule has 2 aliphatic rings. The van der Waals surface area contributed by atoms with Crippen molar-refractivity contribution < 1.29 is 0 Å². The molecule has 0 amide bonds. The van der Waals surface area contributed by atoms with E-state index in [0.29, 0.717) is 17.9 Å². The predicted octanol–water partition coefficient (Wildman–Crippen LogP) is 0.775. The van der Waals surface area contributed by atoms with Gasteiger partial charge in [-0.1, -0.05) is 0 Å². The summed E-state index contributed by atoms with van der Waals surface area (Å²) in [6, 6.07) is 3.05. The molecule has 0 spiro atoms. The van der Waals surface area contributed by atoms with Crippen LogP contribution < -0.4 is 11.1 Å². The summed E-state index contributed by atoms with van der Waals surface area (Å²) < 4.78 is 0. The van der Waals surface area contributed by atoms with E-state index in [2.05, 4.69) is 20.2 Å². The van der Waals surface area contributed by atoms with Crippen molar-refractivity contribution in [3.05, 3.63) is 18.1 Å². The highest BCUT2D eigenvalue weighted by Gasteiger charge is 2.33. The van der Waals surface area contributed by atoms with Crippen LogP contribution in [0.4, 0.5) is 5.82 Å². The van der Waals surface area contributed by atoms with Crippen LogP contribution in [0.25, 0.3) is 0 Å². The molecule has 3 heterocycles. The normalized spacial score (nSPS) is 28.9. The number of nitrogens with zero attached hydrogens (tertiary/aromatic N) is 3. The second kappa shape index (κ2) is 5.20. The fourth-order valence-electron chi connectivity index (χ4n) is 3.22. The monoisotopic (exact) mass is 247 g/mol. The van der Waals surface area contributed by atoms with Crippen molar-refractivity contribution in [1.82, 2.24) is 20.2 Å². The zero-order valence-corrected chi connectivity index (χ0v) is 10.7. The van der Waals surface area contributed by atoms with E-state index in [4.69, 9.17) is 5.73 Å². The molecule has 3 N–H and O–H groups in total. The average molecular weight is 247 g/mol. The summed E-state index contributed by atoms with van der Waals surface area (Å²) in [5.41, 5.74) is 5.71. The van der Waals surface area contributed by atoms with Gasteiger partial charge in [-0.05, 0) is 44.8 Å². The first kappa shape index (κ1) is 11.9. The average Bonchev–Trinajstić information content (AvgIpc) is 2.98. The molecule has 3 rings (SSSR count). The molecule has 0 aromatic carbocycles. The SMILES string of the molecule is Nc1ccnc(CN2CCCC2C2CCCN2)n1. The summed E-state index contributed by atoms with van der Waals surface area (Å²) in [4.78, 5) is 11.1. The summed E-state index contributed by atoms with van der Waals surface area (Å²) >= 11 is 0. The largest absolute Gasteiger partial charge is 0.384 e. The Morgan fingerprint density at radius 2 is 2.33 bits per heavy atom. The fourth-order valence-corrected chi connectivity index (χ4v) is 3.22. The number of anilines is 1. The van der Waals surface area contributed by atoms with Crippen LogP contribution in [0.5, 0.6) is 0 Å². The maximum atomic E-state index is 5.71. The number of hydrogen-bond donors (Lipinski definition) is 2. The Labute approximate surface area is 108 Å². The third-order valence-corrected chi connectivity index (χ3v) is 4.05. The van der Waals surface area contributed by atoms with Crippen molar-refractivity contribution in [2.75, 3.05) is 18.8 Å². The Balaban J connectivity index is 1.67. The molecule has 2 atom stereocenters. The van der Waals surface area contributed by atoms with Crippen LogP contribution in [0, 0.1) is 0 Å². The molecule has 0 bridgehead atoms. The van der Waals surface area contributed by atoms with Gasteiger partial charge in [0.25, 0.3) is 0 Å². The van der Waals surface area contributed by atoms with Crippen LogP contribution in [0.15, 0.2) is 12.3 Å². The Kier molecular flexibility index (Phi) is 3.43. The molecular weight excluding hydrogens is 226 g/mol. The molecule has 5 heteroatoms. The second-order valence-corrected chi connectivity index (χ2v) is 5.28. The number of likely N-dealkylation sites (tertiary alicyclic amines) is 1. The Morgan fingerprint density at radius 1 is 1.39 bits per heavy atom. The zero-order valence-electron chi connectivity index (χ0n) is 10.7.